The third kappa shape index (κ3) is 3.79. The minimum Gasteiger partial charge on any atom is -0.347 e. The van der Waals surface area contributed by atoms with Gasteiger partial charge in [0.25, 0.3) is 0 Å². The highest BCUT2D eigenvalue weighted by Crippen LogP contribution is 2.01. The largest absolute Gasteiger partial charge is 0.347 e. The van der Waals surface area contributed by atoms with Crippen molar-refractivity contribution in [2.75, 3.05) is 46.3 Å². The van der Waals surface area contributed by atoms with Crippen molar-refractivity contribution in [1.82, 2.24) is 15.1 Å². The van der Waals surface area contributed by atoms with Gasteiger partial charge in [-0.2, -0.15) is 0 Å². The number of rotatable bonds is 2. The molecule has 1 heterocycles. The van der Waals surface area contributed by atoms with Crippen LogP contribution in [0.4, 0.5) is 0 Å². The molecule has 2 amide bonds. The summed E-state index contributed by atoms with van der Waals surface area (Å²) < 4.78 is 0. The van der Waals surface area contributed by atoms with Crippen molar-refractivity contribution in [2.24, 2.45) is 5.73 Å². The summed E-state index contributed by atoms with van der Waals surface area (Å²) in [7, 11) is 2.02. The molecule has 92 valence electrons. The lowest BCUT2D eigenvalue weighted by Crippen LogP contribution is -2.45. The molecule has 1 aliphatic rings. The van der Waals surface area contributed by atoms with Gasteiger partial charge in [-0.15, -0.1) is 0 Å². The number of likely N-dealkylation sites (N-methyl/N-ethyl adjacent to an activating group) is 1. The van der Waals surface area contributed by atoms with Crippen LogP contribution in [0.3, 0.4) is 0 Å². The molecule has 0 bridgehead atoms. The van der Waals surface area contributed by atoms with E-state index in [1.54, 1.807) is 4.90 Å². The van der Waals surface area contributed by atoms with Crippen molar-refractivity contribution >= 4 is 11.8 Å². The van der Waals surface area contributed by atoms with E-state index in [0.29, 0.717) is 26.2 Å². The fourth-order valence-electron chi connectivity index (χ4n) is 1.65. The molecule has 6 heteroatoms. The summed E-state index contributed by atoms with van der Waals surface area (Å²) in [5.41, 5.74) is 5.25. The molecule has 0 spiro atoms. The second kappa shape index (κ2) is 6.44. The maximum Gasteiger partial charge on any atom is 0.311 e. The molecule has 1 rings (SSSR count). The molecule has 0 atom stereocenters. The molecule has 6 nitrogen and oxygen atoms in total. The monoisotopic (exact) mass is 228 g/mol. The quantitative estimate of drug-likeness (QED) is 0.548. The van der Waals surface area contributed by atoms with Crippen molar-refractivity contribution in [2.45, 2.75) is 6.42 Å². The highest BCUT2D eigenvalue weighted by molar-refractivity contribution is 6.35. The lowest BCUT2D eigenvalue weighted by molar-refractivity contribution is -0.145. The number of carbonyl (C=O) groups is 2. The van der Waals surface area contributed by atoms with E-state index in [1.807, 2.05) is 7.05 Å². The van der Waals surface area contributed by atoms with E-state index in [-0.39, 0.29) is 0 Å². The van der Waals surface area contributed by atoms with Crippen LogP contribution in [-0.4, -0.2) is 67.9 Å². The Morgan fingerprint density at radius 3 is 2.69 bits per heavy atom. The zero-order valence-corrected chi connectivity index (χ0v) is 9.74. The van der Waals surface area contributed by atoms with Gasteiger partial charge < -0.3 is 20.9 Å². The first-order chi connectivity index (χ1) is 7.65. The Kier molecular flexibility index (Phi) is 5.21. The Labute approximate surface area is 95.8 Å². The Morgan fingerprint density at radius 2 is 2.00 bits per heavy atom. The highest BCUT2D eigenvalue weighted by Gasteiger charge is 2.22. The summed E-state index contributed by atoms with van der Waals surface area (Å²) in [4.78, 5) is 26.9. The molecule has 0 aliphatic carbocycles. The second-order valence-corrected chi connectivity index (χ2v) is 3.99. The van der Waals surface area contributed by atoms with Gasteiger partial charge in [0.15, 0.2) is 0 Å². The molecular formula is C10H20N4O2. The predicted molar refractivity (Wildman–Crippen MR) is 60.8 cm³/mol. The Hall–Kier alpha value is -1.14. The average Bonchev–Trinajstić information content (AvgIpc) is 2.50. The van der Waals surface area contributed by atoms with Crippen molar-refractivity contribution in [3.05, 3.63) is 0 Å². The van der Waals surface area contributed by atoms with Gasteiger partial charge in [-0.3, -0.25) is 9.59 Å². The van der Waals surface area contributed by atoms with Crippen molar-refractivity contribution in [3.8, 4) is 0 Å². The molecule has 1 saturated heterocycles. The average molecular weight is 228 g/mol. The first-order valence-electron chi connectivity index (χ1n) is 5.61. The summed E-state index contributed by atoms with van der Waals surface area (Å²) in [5, 5.41) is 2.49. The predicted octanol–water partition coefficient (Wildman–Crippen LogP) is -1.77. The molecular weight excluding hydrogens is 208 g/mol. The summed E-state index contributed by atoms with van der Waals surface area (Å²) in [5.74, 6) is -0.987. The van der Waals surface area contributed by atoms with Gasteiger partial charge in [-0.25, -0.2) is 0 Å². The number of nitrogens with zero attached hydrogens (tertiary/aromatic N) is 2. The van der Waals surface area contributed by atoms with Crippen LogP contribution in [0.2, 0.25) is 0 Å². The van der Waals surface area contributed by atoms with E-state index >= 15 is 0 Å². The fraction of sp³-hybridized carbons (Fsp3) is 0.800. The first kappa shape index (κ1) is 12.9. The maximum atomic E-state index is 11.7. The van der Waals surface area contributed by atoms with E-state index in [2.05, 4.69) is 10.2 Å². The third-order valence-electron chi connectivity index (χ3n) is 2.63. The third-order valence-corrected chi connectivity index (χ3v) is 2.63. The topological polar surface area (TPSA) is 78.7 Å². The van der Waals surface area contributed by atoms with E-state index in [9.17, 15) is 9.59 Å². The summed E-state index contributed by atoms with van der Waals surface area (Å²) in [6.07, 6.45) is 0.909. The van der Waals surface area contributed by atoms with E-state index in [1.165, 1.54) is 0 Å². The van der Waals surface area contributed by atoms with Crippen LogP contribution in [0, 0.1) is 0 Å². The van der Waals surface area contributed by atoms with Crippen LogP contribution in [0.1, 0.15) is 6.42 Å². The summed E-state index contributed by atoms with van der Waals surface area (Å²) in [6, 6.07) is 0. The van der Waals surface area contributed by atoms with Gasteiger partial charge in [0.05, 0.1) is 0 Å². The van der Waals surface area contributed by atoms with E-state index < -0.39 is 11.8 Å². The molecule has 0 aromatic heterocycles. The van der Waals surface area contributed by atoms with Crippen molar-refractivity contribution < 1.29 is 9.59 Å². The van der Waals surface area contributed by atoms with Gasteiger partial charge in [0.1, 0.15) is 0 Å². The number of carbonyl (C=O) groups excluding carboxylic acids is 2. The molecule has 3 N–H and O–H groups in total. The van der Waals surface area contributed by atoms with Crippen LogP contribution in [-0.2, 0) is 9.59 Å². The molecule has 0 unspecified atom stereocenters. The van der Waals surface area contributed by atoms with Crippen LogP contribution in [0.15, 0.2) is 0 Å². The van der Waals surface area contributed by atoms with Gasteiger partial charge in [0.2, 0.25) is 0 Å². The zero-order valence-electron chi connectivity index (χ0n) is 9.74. The van der Waals surface area contributed by atoms with Gasteiger partial charge in [0, 0.05) is 32.7 Å². The maximum absolute atomic E-state index is 11.7. The SMILES string of the molecule is CN1CCCN(C(=O)C(=O)NCCN)CC1. The lowest BCUT2D eigenvalue weighted by atomic mass is 10.3. The molecule has 16 heavy (non-hydrogen) atoms. The van der Waals surface area contributed by atoms with Crippen molar-refractivity contribution in [1.29, 1.82) is 0 Å². The number of amides is 2. The van der Waals surface area contributed by atoms with Crippen LogP contribution >= 0.6 is 0 Å². The molecule has 0 aromatic rings. The normalized spacial score (nSPS) is 18.0. The van der Waals surface area contributed by atoms with Crippen molar-refractivity contribution in [3.63, 3.8) is 0 Å². The molecule has 0 saturated carbocycles. The number of hydrogen-bond donors (Lipinski definition) is 2. The molecule has 1 fully saturated rings. The van der Waals surface area contributed by atoms with Gasteiger partial charge in [-0.05, 0) is 20.0 Å². The second-order valence-electron chi connectivity index (χ2n) is 3.99. The first-order valence-corrected chi connectivity index (χ1v) is 5.61. The van der Waals surface area contributed by atoms with Crippen LogP contribution < -0.4 is 11.1 Å². The smallest absolute Gasteiger partial charge is 0.311 e. The molecule has 0 radical (unpaired) electrons. The minimum absolute atomic E-state index is 0.346. The Balaban J connectivity index is 2.43. The fourth-order valence-corrected chi connectivity index (χ4v) is 1.65. The van der Waals surface area contributed by atoms with E-state index in [0.717, 1.165) is 19.5 Å². The Morgan fingerprint density at radius 1 is 1.25 bits per heavy atom. The lowest BCUT2D eigenvalue weighted by Gasteiger charge is -2.19. The summed E-state index contributed by atoms with van der Waals surface area (Å²) in [6.45, 7) is 3.74. The van der Waals surface area contributed by atoms with Gasteiger partial charge >= 0.3 is 11.8 Å². The minimum atomic E-state index is -0.546. The molecule has 1 aliphatic heterocycles. The number of nitrogens with one attached hydrogen (secondary N) is 1. The number of nitrogens with two attached hydrogens (primary N) is 1. The van der Waals surface area contributed by atoms with E-state index in [4.69, 9.17) is 5.73 Å². The molecule has 0 aromatic carbocycles. The van der Waals surface area contributed by atoms with Gasteiger partial charge in [-0.1, -0.05) is 0 Å². The Bertz CT molecular complexity index is 257. The summed E-state index contributed by atoms with van der Waals surface area (Å²) >= 11 is 0. The number of hydrogen-bond acceptors (Lipinski definition) is 4. The van der Waals surface area contributed by atoms with Crippen LogP contribution in [0.5, 0.6) is 0 Å². The zero-order chi connectivity index (χ0) is 12.0. The highest BCUT2D eigenvalue weighted by atomic mass is 16.2. The standard InChI is InChI=1S/C10H20N4O2/c1-13-5-2-6-14(8-7-13)10(16)9(15)12-4-3-11/h2-8,11H2,1H3,(H,12,15). The van der Waals surface area contributed by atoms with Crippen LogP contribution in [0.25, 0.3) is 0 Å².